The highest BCUT2D eigenvalue weighted by molar-refractivity contribution is 5.05. The van der Waals surface area contributed by atoms with Gasteiger partial charge >= 0.3 is 0 Å². The number of ether oxygens (including phenoxy) is 3. The third-order valence-corrected chi connectivity index (χ3v) is 4.29. The molecule has 0 aliphatic carbocycles. The molecular formula is C16H23NO3. The van der Waals surface area contributed by atoms with E-state index in [2.05, 4.69) is 25.8 Å². The first-order valence-electron chi connectivity index (χ1n) is 7.38. The Morgan fingerprint density at radius 2 is 2.05 bits per heavy atom. The highest BCUT2D eigenvalue weighted by atomic mass is 16.9. The smallest absolute Gasteiger partial charge is 0.284 e. The molecule has 0 aromatic rings. The Balaban J connectivity index is 2.00. The average molecular weight is 277 g/mol. The summed E-state index contributed by atoms with van der Waals surface area (Å²) >= 11 is 0. The minimum Gasteiger partial charge on any atom is -0.327 e. The number of fused-ring (bicyclic) bond motifs is 3. The summed E-state index contributed by atoms with van der Waals surface area (Å²) in [5.74, 6) is 2.03. The van der Waals surface area contributed by atoms with Crippen molar-refractivity contribution in [2.75, 3.05) is 13.2 Å². The summed E-state index contributed by atoms with van der Waals surface area (Å²) in [6.45, 7) is 5.29. The van der Waals surface area contributed by atoms with E-state index in [4.69, 9.17) is 20.6 Å². The Labute approximate surface area is 121 Å². The predicted octanol–water partition coefficient (Wildman–Crippen LogP) is 2.84. The summed E-state index contributed by atoms with van der Waals surface area (Å²) in [6, 6.07) is 2.28. The maximum absolute atomic E-state index is 9.37. The highest BCUT2D eigenvalue weighted by Crippen LogP contribution is 2.47. The Kier molecular flexibility index (Phi) is 4.70. The zero-order chi connectivity index (χ0) is 14.6. The number of terminal acetylenes is 1. The maximum Gasteiger partial charge on any atom is 0.284 e. The topological polar surface area (TPSA) is 51.5 Å². The van der Waals surface area contributed by atoms with Gasteiger partial charge in [-0.1, -0.05) is 20.3 Å². The molecule has 0 aromatic carbocycles. The van der Waals surface area contributed by atoms with Gasteiger partial charge in [0.25, 0.3) is 5.97 Å². The van der Waals surface area contributed by atoms with Crippen LogP contribution in [0.15, 0.2) is 0 Å². The first kappa shape index (κ1) is 15.3. The first-order valence-corrected chi connectivity index (χ1v) is 7.38. The lowest BCUT2D eigenvalue weighted by atomic mass is 9.77. The molecule has 0 amide bonds. The summed E-state index contributed by atoms with van der Waals surface area (Å²) in [5, 5.41) is 9.37. The minimum absolute atomic E-state index is 0.296. The summed E-state index contributed by atoms with van der Waals surface area (Å²) in [5.41, 5.74) is -0.296. The second-order valence-corrected chi connectivity index (χ2v) is 6.05. The summed E-state index contributed by atoms with van der Waals surface area (Å²) in [6.07, 6.45) is 8.97. The zero-order valence-corrected chi connectivity index (χ0v) is 12.4. The third-order valence-electron chi connectivity index (χ3n) is 4.29. The van der Waals surface area contributed by atoms with E-state index in [9.17, 15) is 5.26 Å². The van der Waals surface area contributed by atoms with Gasteiger partial charge in [0.15, 0.2) is 6.10 Å². The average Bonchev–Trinajstić information content (AvgIpc) is 2.47. The Hall–Kier alpha value is -1.07. The predicted molar refractivity (Wildman–Crippen MR) is 74.3 cm³/mol. The van der Waals surface area contributed by atoms with Crippen molar-refractivity contribution in [2.45, 2.75) is 58.0 Å². The lowest BCUT2D eigenvalue weighted by molar-refractivity contribution is -0.483. The van der Waals surface area contributed by atoms with Crippen LogP contribution in [0.5, 0.6) is 0 Å². The largest absolute Gasteiger partial charge is 0.327 e. The molecule has 4 nitrogen and oxygen atoms in total. The van der Waals surface area contributed by atoms with Crippen LogP contribution in [-0.4, -0.2) is 25.3 Å². The van der Waals surface area contributed by atoms with E-state index in [0.717, 1.165) is 25.7 Å². The van der Waals surface area contributed by atoms with Crippen molar-refractivity contribution in [3.05, 3.63) is 0 Å². The fourth-order valence-electron chi connectivity index (χ4n) is 2.98. The SMILES string of the molecule is C#CC[C@@H](C)CCC12OCC(CCC)(CO1)C(C#N)O2. The molecular weight excluding hydrogens is 254 g/mol. The molecule has 2 atom stereocenters. The summed E-state index contributed by atoms with van der Waals surface area (Å²) in [4.78, 5) is 0. The highest BCUT2D eigenvalue weighted by Gasteiger charge is 2.57. The molecule has 3 fully saturated rings. The Morgan fingerprint density at radius 1 is 1.35 bits per heavy atom. The van der Waals surface area contributed by atoms with Crippen molar-refractivity contribution in [2.24, 2.45) is 11.3 Å². The van der Waals surface area contributed by atoms with Crippen molar-refractivity contribution in [1.29, 1.82) is 5.26 Å². The van der Waals surface area contributed by atoms with Crippen LogP contribution < -0.4 is 0 Å². The van der Waals surface area contributed by atoms with Gasteiger partial charge in [-0.05, 0) is 18.8 Å². The van der Waals surface area contributed by atoms with Crippen molar-refractivity contribution in [3.8, 4) is 18.4 Å². The van der Waals surface area contributed by atoms with Crippen LogP contribution in [0.4, 0.5) is 0 Å². The van der Waals surface area contributed by atoms with E-state index in [-0.39, 0.29) is 5.41 Å². The molecule has 0 radical (unpaired) electrons. The molecule has 0 saturated carbocycles. The molecule has 20 heavy (non-hydrogen) atoms. The molecule has 2 bridgehead atoms. The second-order valence-electron chi connectivity index (χ2n) is 6.05. The number of nitriles is 1. The number of nitrogens with zero attached hydrogens (tertiary/aromatic N) is 1. The van der Waals surface area contributed by atoms with Gasteiger partial charge in [0.2, 0.25) is 0 Å². The molecule has 3 rings (SSSR count). The lowest BCUT2D eigenvalue weighted by Crippen LogP contribution is -2.64. The van der Waals surface area contributed by atoms with Gasteiger partial charge in [-0.3, -0.25) is 0 Å². The van der Waals surface area contributed by atoms with Crippen LogP contribution in [0, 0.1) is 35.0 Å². The van der Waals surface area contributed by atoms with Gasteiger partial charge < -0.3 is 14.2 Å². The van der Waals surface area contributed by atoms with Gasteiger partial charge in [-0.25, -0.2) is 0 Å². The number of rotatable bonds is 6. The van der Waals surface area contributed by atoms with Crippen molar-refractivity contribution in [3.63, 3.8) is 0 Å². The van der Waals surface area contributed by atoms with E-state index in [1.165, 1.54) is 0 Å². The van der Waals surface area contributed by atoms with Crippen LogP contribution in [-0.2, 0) is 14.2 Å². The quantitative estimate of drug-likeness (QED) is 0.701. The molecule has 3 heterocycles. The lowest BCUT2D eigenvalue weighted by Gasteiger charge is -2.54. The normalized spacial score (nSPS) is 37.1. The van der Waals surface area contributed by atoms with Crippen LogP contribution in [0.2, 0.25) is 0 Å². The minimum atomic E-state index is -1.03. The molecule has 3 aliphatic rings. The monoisotopic (exact) mass is 277 g/mol. The Bertz CT molecular complexity index is 412. The van der Waals surface area contributed by atoms with Crippen LogP contribution in [0.1, 0.15) is 46.0 Å². The molecule has 3 saturated heterocycles. The zero-order valence-electron chi connectivity index (χ0n) is 12.4. The number of hydrogen-bond donors (Lipinski definition) is 0. The van der Waals surface area contributed by atoms with Gasteiger partial charge in [0.1, 0.15) is 0 Å². The number of hydrogen-bond acceptors (Lipinski definition) is 4. The van der Waals surface area contributed by atoms with Gasteiger partial charge in [0.05, 0.1) is 24.7 Å². The van der Waals surface area contributed by atoms with Gasteiger partial charge in [-0.2, -0.15) is 5.26 Å². The van der Waals surface area contributed by atoms with Gasteiger partial charge in [0, 0.05) is 12.8 Å². The van der Waals surface area contributed by atoms with E-state index in [1.807, 2.05) is 0 Å². The maximum atomic E-state index is 9.37. The van der Waals surface area contributed by atoms with Crippen LogP contribution in [0.3, 0.4) is 0 Å². The molecule has 3 aliphatic heterocycles. The molecule has 1 unspecified atom stereocenters. The van der Waals surface area contributed by atoms with Crippen LogP contribution in [0.25, 0.3) is 0 Å². The molecule has 0 spiro atoms. The third kappa shape index (κ3) is 2.83. The molecule has 0 aromatic heterocycles. The fraction of sp³-hybridized carbons (Fsp3) is 0.812. The van der Waals surface area contributed by atoms with Gasteiger partial charge in [-0.15, -0.1) is 12.3 Å². The van der Waals surface area contributed by atoms with E-state index in [0.29, 0.717) is 25.6 Å². The molecule has 110 valence electrons. The van der Waals surface area contributed by atoms with Crippen molar-refractivity contribution < 1.29 is 14.2 Å². The summed E-state index contributed by atoms with van der Waals surface area (Å²) in [7, 11) is 0. The van der Waals surface area contributed by atoms with E-state index < -0.39 is 12.1 Å². The van der Waals surface area contributed by atoms with E-state index in [1.54, 1.807) is 0 Å². The molecule has 4 heteroatoms. The Morgan fingerprint density at radius 3 is 2.60 bits per heavy atom. The van der Waals surface area contributed by atoms with Crippen molar-refractivity contribution in [1.82, 2.24) is 0 Å². The standard InChI is InChI=1S/C16H23NO3/c1-4-6-13(3)7-9-16-18-11-15(8-5-2,12-19-16)14(10-17)20-16/h1,13-14H,5-9,11-12H2,2-3H3/t13-,14?,15?,16?/m1/s1. The molecule has 0 N–H and O–H groups in total. The fourth-order valence-corrected chi connectivity index (χ4v) is 2.98. The first-order chi connectivity index (χ1) is 9.60. The summed E-state index contributed by atoms with van der Waals surface area (Å²) < 4.78 is 17.5. The van der Waals surface area contributed by atoms with Crippen molar-refractivity contribution >= 4 is 0 Å². The van der Waals surface area contributed by atoms with E-state index >= 15 is 0 Å². The van der Waals surface area contributed by atoms with Crippen LogP contribution >= 0.6 is 0 Å². The second kappa shape index (κ2) is 6.14.